The molecule has 0 fully saturated rings. The van der Waals surface area contributed by atoms with Crippen molar-refractivity contribution in [1.82, 2.24) is 0 Å². The molecule has 0 amide bonds. The quantitative estimate of drug-likeness (QED) is 0.909. The molecule has 1 aromatic carbocycles. The minimum Gasteiger partial charge on any atom is -0.496 e. The van der Waals surface area contributed by atoms with Gasteiger partial charge in [0.15, 0.2) is 0 Å². The monoisotopic (exact) mass is 267 g/mol. The van der Waals surface area contributed by atoms with Crippen molar-refractivity contribution < 1.29 is 17.9 Å². The Morgan fingerprint density at radius 3 is 2.47 bits per heavy atom. The number of hydrogen-bond acceptors (Lipinski definition) is 2. The zero-order valence-electron chi connectivity index (χ0n) is 9.27. The van der Waals surface area contributed by atoms with E-state index in [9.17, 15) is 13.2 Å². The van der Waals surface area contributed by atoms with Gasteiger partial charge in [-0.1, -0.05) is 11.6 Å². The lowest BCUT2D eigenvalue weighted by atomic mass is 10.0. The standard InChI is InChI=1S/C11H13ClF3NO/c1-17-10-7(3-2-4-16)5-8(12)6-9(10)11(13,14)15/h5-6H,2-4,16H2,1H3. The van der Waals surface area contributed by atoms with Crippen LogP contribution in [0.25, 0.3) is 0 Å². The Hall–Kier alpha value is -0.940. The highest BCUT2D eigenvalue weighted by Crippen LogP contribution is 2.40. The second-order valence-corrected chi connectivity index (χ2v) is 3.97. The third-order valence-electron chi connectivity index (χ3n) is 2.29. The number of hydrogen-bond donors (Lipinski definition) is 1. The van der Waals surface area contributed by atoms with Gasteiger partial charge in [-0.3, -0.25) is 0 Å². The zero-order valence-corrected chi connectivity index (χ0v) is 10.0. The van der Waals surface area contributed by atoms with Crippen molar-refractivity contribution in [3.8, 4) is 5.75 Å². The van der Waals surface area contributed by atoms with Crippen LogP contribution in [0.5, 0.6) is 5.75 Å². The van der Waals surface area contributed by atoms with Crippen LogP contribution in [-0.2, 0) is 12.6 Å². The van der Waals surface area contributed by atoms with E-state index in [0.29, 0.717) is 24.9 Å². The molecule has 1 rings (SSSR count). The zero-order chi connectivity index (χ0) is 13.1. The first kappa shape index (κ1) is 14.1. The van der Waals surface area contributed by atoms with Crippen LogP contribution in [0.4, 0.5) is 13.2 Å². The van der Waals surface area contributed by atoms with E-state index in [1.54, 1.807) is 0 Å². The Morgan fingerprint density at radius 2 is 2.00 bits per heavy atom. The summed E-state index contributed by atoms with van der Waals surface area (Å²) in [7, 11) is 1.21. The van der Waals surface area contributed by atoms with Crippen LogP contribution in [0.15, 0.2) is 12.1 Å². The summed E-state index contributed by atoms with van der Waals surface area (Å²) >= 11 is 5.68. The van der Waals surface area contributed by atoms with Gasteiger partial charge in [0.1, 0.15) is 5.75 Å². The number of rotatable bonds is 4. The molecule has 6 heteroatoms. The molecule has 0 aliphatic carbocycles. The van der Waals surface area contributed by atoms with Crippen molar-refractivity contribution in [2.24, 2.45) is 5.73 Å². The normalized spacial score (nSPS) is 11.6. The minimum atomic E-state index is -4.48. The average molecular weight is 268 g/mol. The lowest BCUT2D eigenvalue weighted by Crippen LogP contribution is -2.10. The van der Waals surface area contributed by atoms with E-state index in [1.165, 1.54) is 13.2 Å². The predicted molar refractivity (Wildman–Crippen MR) is 60.4 cm³/mol. The van der Waals surface area contributed by atoms with Gasteiger partial charge in [-0.2, -0.15) is 13.2 Å². The van der Waals surface area contributed by atoms with Crippen molar-refractivity contribution in [3.05, 3.63) is 28.3 Å². The molecule has 1 aromatic rings. The summed E-state index contributed by atoms with van der Waals surface area (Å²) < 4.78 is 43.1. The lowest BCUT2D eigenvalue weighted by Gasteiger charge is -2.16. The van der Waals surface area contributed by atoms with Gasteiger partial charge in [-0.25, -0.2) is 0 Å². The Morgan fingerprint density at radius 1 is 1.35 bits per heavy atom. The second-order valence-electron chi connectivity index (χ2n) is 3.54. The van der Waals surface area contributed by atoms with Crippen molar-refractivity contribution in [2.75, 3.05) is 13.7 Å². The van der Waals surface area contributed by atoms with E-state index in [-0.39, 0.29) is 10.8 Å². The van der Waals surface area contributed by atoms with Crippen molar-refractivity contribution in [1.29, 1.82) is 0 Å². The molecule has 0 heterocycles. The van der Waals surface area contributed by atoms with Gasteiger partial charge in [0.05, 0.1) is 12.7 Å². The highest BCUT2D eigenvalue weighted by atomic mass is 35.5. The molecule has 0 saturated carbocycles. The number of methoxy groups -OCH3 is 1. The van der Waals surface area contributed by atoms with Crippen molar-refractivity contribution in [3.63, 3.8) is 0 Å². The first-order chi connectivity index (χ1) is 7.90. The second kappa shape index (κ2) is 5.60. The highest BCUT2D eigenvalue weighted by Gasteiger charge is 2.35. The fourth-order valence-corrected chi connectivity index (χ4v) is 1.82. The topological polar surface area (TPSA) is 35.2 Å². The maximum absolute atomic E-state index is 12.8. The van der Waals surface area contributed by atoms with Gasteiger partial charge in [-0.15, -0.1) is 0 Å². The highest BCUT2D eigenvalue weighted by molar-refractivity contribution is 6.30. The van der Waals surface area contributed by atoms with Crippen molar-refractivity contribution in [2.45, 2.75) is 19.0 Å². The molecule has 0 radical (unpaired) electrons. The van der Waals surface area contributed by atoms with Gasteiger partial charge < -0.3 is 10.5 Å². The number of benzene rings is 1. The van der Waals surface area contributed by atoms with Crippen molar-refractivity contribution >= 4 is 11.6 Å². The van der Waals surface area contributed by atoms with E-state index in [2.05, 4.69) is 0 Å². The van der Waals surface area contributed by atoms with Crippen LogP contribution in [-0.4, -0.2) is 13.7 Å². The van der Waals surface area contributed by atoms with Gasteiger partial charge in [0.25, 0.3) is 0 Å². The summed E-state index contributed by atoms with van der Waals surface area (Å²) in [6.45, 7) is 0.400. The molecule has 0 spiro atoms. The number of halogens is 4. The van der Waals surface area contributed by atoms with Gasteiger partial charge in [0.2, 0.25) is 0 Å². The summed E-state index contributed by atoms with van der Waals surface area (Å²) in [5, 5.41) is 0.0464. The summed E-state index contributed by atoms with van der Waals surface area (Å²) in [6, 6.07) is 2.34. The molecule has 0 unspecified atom stereocenters. The van der Waals surface area contributed by atoms with Gasteiger partial charge >= 0.3 is 6.18 Å². The molecule has 2 N–H and O–H groups in total. The van der Waals surface area contributed by atoms with Crippen LogP contribution < -0.4 is 10.5 Å². The summed E-state index contributed by atoms with van der Waals surface area (Å²) in [5.41, 5.74) is 4.91. The Kier molecular flexibility index (Phi) is 4.65. The molecule has 0 aliphatic heterocycles. The minimum absolute atomic E-state index is 0.0464. The van der Waals surface area contributed by atoms with E-state index in [0.717, 1.165) is 6.07 Å². The maximum Gasteiger partial charge on any atom is 0.420 e. The van der Waals surface area contributed by atoms with Crippen LogP contribution >= 0.6 is 11.6 Å². The molecule has 2 nitrogen and oxygen atoms in total. The van der Waals surface area contributed by atoms with Crippen LogP contribution in [0.1, 0.15) is 17.5 Å². The first-order valence-electron chi connectivity index (χ1n) is 5.03. The van der Waals surface area contributed by atoms with Crippen LogP contribution in [0.2, 0.25) is 5.02 Å². The number of nitrogens with two attached hydrogens (primary N) is 1. The summed E-state index contributed by atoms with van der Waals surface area (Å²) in [6.07, 6.45) is -3.50. The largest absolute Gasteiger partial charge is 0.496 e. The third kappa shape index (κ3) is 3.51. The summed E-state index contributed by atoms with van der Waals surface area (Å²) in [5.74, 6) is -0.171. The molecule has 17 heavy (non-hydrogen) atoms. The smallest absolute Gasteiger partial charge is 0.420 e. The summed E-state index contributed by atoms with van der Waals surface area (Å²) in [4.78, 5) is 0. The predicted octanol–water partition coefficient (Wildman–Crippen LogP) is 3.26. The molecular weight excluding hydrogens is 255 g/mol. The third-order valence-corrected chi connectivity index (χ3v) is 2.51. The van der Waals surface area contributed by atoms with E-state index < -0.39 is 11.7 Å². The molecule has 0 aliphatic rings. The Labute approximate surface area is 103 Å². The van der Waals surface area contributed by atoms with Crippen LogP contribution in [0, 0.1) is 0 Å². The van der Waals surface area contributed by atoms with E-state index in [4.69, 9.17) is 22.1 Å². The molecule has 0 atom stereocenters. The van der Waals surface area contributed by atoms with Crippen LogP contribution in [0.3, 0.4) is 0 Å². The van der Waals surface area contributed by atoms with Gasteiger partial charge in [0, 0.05) is 5.02 Å². The fraction of sp³-hybridized carbons (Fsp3) is 0.455. The average Bonchev–Trinajstić information content (AvgIpc) is 2.24. The molecule has 96 valence electrons. The molecule has 0 aromatic heterocycles. The SMILES string of the molecule is COc1c(CCCN)cc(Cl)cc1C(F)(F)F. The Bertz CT molecular complexity index is 393. The van der Waals surface area contributed by atoms with E-state index >= 15 is 0 Å². The number of ether oxygens (including phenoxy) is 1. The first-order valence-corrected chi connectivity index (χ1v) is 5.41. The number of aryl methyl sites for hydroxylation is 1. The molecule has 0 saturated heterocycles. The number of alkyl halides is 3. The lowest BCUT2D eigenvalue weighted by molar-refractivity contribution is -0.138. The maximum atomic E-state index is 12.8. The fourth-order valence-electron chi connectivity index (χ4n) is 1.58. The molecular formula is C11H13ClF3NO. The van der Waals surface area contributed by atoms with E-state index in [1.807, 2.05) is 0 Å². The Balaban J connectivity index is 3.25. The molecule has 0 bridgehead atoms. The van der Waals surface area contributed by atoms with Gasteiger partial charge in [-0.05, 0) is 37.1 Å².